The normalized spacial score (nSPS) is 25.2. The Bertz CT molecular complexity index is 1210. The molecule has 6 nitrogen and oxygen atoms in total. The number of carbonyl (C=O) groups is 2. The highest BCUT2D eigenvalue weighted by atomic mass is 16.2. The average Bonchev–Trinajstić information content (AvgIpc) is 3.52. The molecule has 0 bridgehead atoms. The van der Waals surface area contributed by atoms with Crippen LogP contribution < -0.4 is 0 Å². The monoisotopic (exact) mass is 442 g/mol. The van der Waals surface area contributed by atoms with Crippen molar-refractivity contribution in [1.29, 1.82) is 0 Å². The summed E-state index contributed by atoms with van der Waals surface area (Å²) in [4.78, 5) is 37.0. The lowest BCUT2D eigenvalue weighted by molar-refractivity contribution is -0.133. The van der Waals surface area contributed by atoms with Gasteiger partial charge in [-0.25, -0.2) is 4.79 Å². The minimum Gasteiger partial charge on any atom is -0.356 e. The maximum Gasteiger partial charge on any atom is 0.328 e. The van der Waals surface area contributed by atoms with Crippen LogP contribution in [-0.4, -0.2) is 63.3 Å². The zero-order chi connectivity index (χ0) is 22.6. The van der Waals surface area contributed by atoms with Crippen molar-refractivity contribution >= 4 is 22.8 Å². The van der Waals surface area contributed by atoms with Gasteiger partial charge in [-0.3, -0.25) is 14.6 Å². The number of aromatic nitrogens is 1. The zero-order valence-corrected chi connectivity index (χ0v) is 19.1. The lowest BCUT2D eigenvalue weighted by Crippen LogP contribution is -2.53. The molecule has 0 aliphatic carbocycles. The molecule has 2 fully saturated rings. The maximum absolute atomic E-state index is 13.8. The third-order valence-corrected chi connectivity index (χ3v) is 7.74. The van der Waals surface area contributed by atoms with Gasteiger partial charge in [-0.1, -0.05) is 48.5 Å². The zero-order valence-electron chi connectivity index (χ0n) is 19.1. The van der Waals surface area contributed by atoms with Gasteiger partial charge in [0.05, 0.1) is 0 Å². The van der Waals surface area contributed by atoms with Crippen LogP contribution in [0.3, 0.4) is 0 Å². The first-order valence-corrected chi connectivity index (χ1v) is 12.1. The molecule has 3 aromatic rings. The molecule has 1 N–H and O–H groups in total. The SMILES string of the molecule is CC12Cc3c([nH]c4ccccc34)C(c3ccccc3)N1C(=O)N(CCCN1CCCC1)C2=O. The minimum atomic E-state index is -0.886. The lowest BCUT2D eigenvalue weighted by Gasteiger charge is -2.42. The van der Waals surface area contributed by atoms with E-state index in [4.69, 9.17) is 0 Å². The number of fused-ring (bicyclic) bond motifs is 4. The van der Waals surface area contributed by atoms with E-state index in [0.717, 1.165) is 53.8 Å². The number of likely N-dealkylation sites (tertiary alicyclic amines) is 1. The van der Waals surface area contributed by atoms with E-state index < -0.39 is 5.54 Å². The number of aromatic amines is 1. The Labute approximate surface area is 194 Å². The summed E-state index contributed by atoms with van der Waals surface area (Å²) in [6.07, 6.45) is 3.85. The molecular weight excluding hydrogens is 412 g/mol. The second kappa shape index (κ2) is 7.73. The Morgan fingerprint density at radius 1 is 0.970 bits per heavy atom. The van der Waals surface area contributed by atoms with Crippen LogP contribution in [0, 0.1) is 0 Å². The van der Waals surface area contributed by atoms with Crippen LogP contribution in [0.4, 0.5) is 4.79 Å². The number of hydrogen-bond acceptors (Lipinski definition) is 3. The van der Waals surface area contributed by atoms with Gasteiger partial charge in [0.2, 0.25) is 0 Å². The van der Waals surface area contributed by atoms with Crippen molar-refractivity contribution in [2.75, 3.05) is 26.2 Å². The predicted octanol–water partition coefficient (Wildman–Crippen LogP) is 4.32. The molecule has 2 atom stereocenters. The molecule has 0 saturated carbocycles. The van der Waals surface area contributed by atoms with Gasteiger partial charge < -0.3 is 9.88 Å². The largest absolute Gasteiger partial charge is 0.356 e. The van der Waals surface area contributed by atoms with Crippen LogP contribution in [0.25, 0.3) is 10.9 Å². The van der Waals surface area contributed by atoms with Crippen molar-refractivity contribution in [3.63, 3.8) is 0 Å². The molecule has 2 aromatic carbocycles. The van der Waals surface area contributed by atoms with E-state index in [1.54, 1.807) is 0 Å². The highest BCUT2D eigenvalue weighted by Gasteiger charge is 2.59. The summed E-state index contributed by atoms with van der Waals surface area (Å²) >= 11 is 0. The van der Waals surface area contributed by atoms with E-state index >= 15 is 0 Å². The van der Waals surface area contributed by atoms with E-state index in [2.05, 4.69) is 34.1 Å². The molecule has 2 unspecified atom stereocenters. The summed E-state index contributed by atoms with van der Waals surface area (Å²) in [5, 5.41) is 1.14. The molecule has 2 saturated heterocycles. The van der Waals surface area contributed by atoms with Crippen LogP contribution in [0.1, 0.15) is 49.0 Å². The van der Waals surface area contributed by atoms with E-state index in [1.165, 1.54) is 17.7 Å². The van der Waals surface area contributed by atoms with Gasteiger partial charge in [0.15, 0.2) is 0 Å². The standard InChI is InChI=1S/C27H30N4O2/c1-27-18-21-20-12-5-6-13-22(20)28-23(21)24(19-10-3-2-4-11-19)31(27)26(33)30(25(27)32)17-9-16-29-14-7-8-15-29/h2-6,10-13,24,28H,7-9,14-18H2,1H3. The van der Waals surface area contributed by atoms with Gasteiger partial charge in [-0.2, -0.15) is 0 Å². The molecule has 170 valence electrons. The maximum atomic E-state index is 13.8. The summed E-state index contributed by atoms with van der Waals surface area (Å²) < 4.78 is 0. The first-order chi connectivity index (χ1) is 16.1. The van der Waals surface area contributed by atoms with Gasteiger partial charge in [-0.05, 0) is 63.0 Å². The molecule has 0 spiro atoms. The average molecular weight is 443 g/mol. The molecule has 6 rings (SSSR count). The Kier molecular flexibility index (Phi) is 4.80. The summed E-state index contributed by atoms with van der Waals surface area (Å²) in [5.74, 6) is -0.0641. The van der Waals surface area contributed by atoms with Crippen LogP contribution in [0.2, 0.25) is 0 Å². The van der Waals surface area contributed by atoms with Crippen LogP contribution in [-0.2, 0) is 11.2 Å². The van der Waals surface area contributed by atoms with E-state index in [-0.39, 0.29) is 18.0 Å². The van der Waals surface area contributed by atoms with E-state index in [0.29, 0.717) is 13.0 Å². The fraction of sp³-hybridized carbons (Fsp3) is 0.407. The highest BCUT2D eigenvalue weighted by Crippen LogP contribution is 2.48. The highest BCUT2D eigenvalue weighted by molar-refractivity contribution is 6.08. The first-order valence-electron chi connectivity index (χ1n) is 12.1. The van der Waals surface area contributed by atoms with Gasteiger partial charge in [0.1, 0.15) is 11.6 Å². The summed E-state index contributed by atoms with van der Waals surface area (Å²) in [7, 11) is 0. The summed E-state index contributed by atoms with van der Waals surface area (Å²) in [6.45, 7) is 5.64. The third-order valence-electron chi connectivity index (χ3n) is 7.74. The fourth-order valence-electron chi connectivity index (χ4n) is 6.10. The first kappa shape index (κ1) is 20.5. The number of rotatable bonds is 5. The van der Waals surface area contributed by atoms with Crippen molar-refractivity contribution in [1.82, 2.24) is 19.7 Å². The van der Waals surface area contributed by atoms with Gasteiger partial charge in [0.25, 0.3) is 5.91 Å². The fourth-order valence-corrected chi connectivity index (χ4v) is 6.10. The van der Waals surface area contributed by atoms with Crippen LogP contribution in [0.15, 0.2) is 54.6 Å². The number of benzene rings is 2. The Morgan fingerprint density at radius 3 is 2.48 bits per heavy atom. The van der Waals surface area contributed by atoms with Crippen molar-refractivity contribution in [3.05, 3.63) is 71.4 Å². The summed E-state index contributed by atoms with van der Waals surface area (Å²) in [6, 6.07) is 17.9. The number of amides is 3. The van der Waals surface area contributed by atoms with E-state index in [1.807, 2.05) is 42.2 Å². The minimum absolute atomic E-state index is 0.0641. The molecule has 4 heterocycles. The number of carbonyl (C=O) groups excluding carboxylic acids is 2. The van der Waals surface area contributed by atoms with Gasteiger partial charge in [-0.15, -0.1) is 0 Å². The molecule has 3 aliphatic rings. The molecule has 3 amide bonds. The number of hydrogen-bond donors (Lipinski definition) is 1. The Morgan fingerprint density at radius 2 is 1.70 bits per heavy atom. The Hall–Kier alpha value is -3.12. The number of urea groups is 1. The molecular formula is C27H30N4O2. The molecule has 33 heavy (non-hydrogen) atoms. The van der Waals surface area contributed by atoms with Crippen molar-refractivity contribution in [3.8, 4) is 0 Å². The van der Waals surface area contributed by atoms with Crippen molar-refractivity contribution < 1.29 is 9.59 Å². The van der Waals surface area contributed by atoms with Gasteiger partial charge in [0, 0.05) is 29.6 Å². The third kappa shape index (κ3) is 3.11. The number of nitrogens with one attached hydrogen (secondary N) is 1. The second-order valence-electron chi connectivity index (χ2n) is 9.84. The lowest BCUT2D eigenvalue weighted by atomic mass is 9.81. The molecule has 3 aliphatic heterocycles. The van der Waals surface area contributed by atoms with Crippen LogP contribution >= 0.6 is 0 Å². The van der Waals surface area contributed by atoms with Crippen LogP contribution in [0.5, 0.6) is 0 Å². The number of nitrogens with zero attached hydrogens (tertiary/aromatic N) is 3. The van der Waals surface area contributed by atoms with E-state index in [9.17, 15) is 9.59 Å². The van der Waals surface area contributed by atoms with Gasteiger partial charge >= 0.3 is 6.03 Å². The van der Waals surface area contributed by atoms with Crippen molar-refractivity contribution in [2.24, 2.45) is 0 Å². The quantitative estimate of drug-likeness (QED) is 0.599. The smallest absolute Gasteiger partial charge is 0.328 e. The number of imide groups is 1. The topological polar surface area (TPSA) is 59.7 Å². The molecule has 6 heteroatoms. The molecule has 0 radical (unpaired) electrons. The number of H-pyrrole nitrogens is 1. The predicted molar refractivity (Wildman–Crippen MR) is 128 cm³/mol. The Balaban J connectivity index is 1.39. The van der Waals surface area contributed by atoms with Crippen molar-refractivity contribution in [2.45, 2.75) is 44.2 Å². The summed E-state index contributed by atoms with van der Waals surface area (Å²) in [5.41, 5.74) is 3.37. The second-order valence-corrected chi connectivity index (χ2v) is 9.84. The molecule has 1 aromatic heterocycles. The number of para-hydroxylation sites is 1.